The highest BCUT2D eigenvalue weighted by Gasteiger charge is 2.32. The Morgan fingerprint density at radius 2 is 2.40 bits per heavy atom. The summed E-state index contributed by atoms with van der Waals surface area (Å²) in [6.07, 6.45) is 2.45. The molecule has 0 saturated carbocycles. The summed E-state index contributed by atoms with van der Waals surface area (Å²) >= 11 is 1.69. The zero-order valence-electron chi connectivity index (χ0n) is 11.8. The van der Waals surface area contributed by atoms with Crippen molar-refractivity contribution in [3.63, 3.8) is 0 Å². The molecule has 106 valence electrons. The van der Waals surface area contributed by atoms with E-state index in [4.69, 9.17) is 0 Å². The second-order valence-corrected chi connectivity index (χ2v) is 6.70. The van der Waals surface area contributed by atoms with Gasteiger partial charge in [-0.2, -0.15) is 0 Å². The molecule has 1 atom stereocenters. The monoisotopic (exact) mass is 289 g/mol. The van der Waals surface area contributed by atoms with Crippen LogP contribution < -0.4 is 0 Å². The Morgan fingerprint density at radius 1 is 1.55 bits per heavy atom. The van der Waals surface area contributed by atoms with Gasteiger partial charge < -0.3 is 9.88 Å². The summed E-state index contributed by atoms with van der Waals surface area (Å²) in [5.74, 6) is 1.90. The predicted molar refractivity (Wildman–Crippen MR) is 80.7 cm³/mol. The van der Waals surface area contributed by atoms with Crippen molar-refractivity contribution in [2.24, 2.45) is 5.92 Å². The fraction of sp³-hybridized carbons (Fsp3) is 0.467. The number of imidazole rings is 1. The smallest absolute Gasteiger partial charge is 0.223 e. The molecule has 1 aliphatic heterocycles. The fourth-order valence-corrected chi connectivity index (χ4v) is 3.37. The second-order valence-electron chi connectivity index (χ2n) is 5.75. The summed E-state index contributed by atoms with van der Waals surface area (Å²) in [6, 6.07) is 4.11. The minimum absolute atomic E-state index is 0.204. The lowest BCUT2D eigenvalue weighted by Gasteiger charge is -2.18. The Bertz CT molecular complexity index is 588. The number of aromatic nitrogens is 2. The van der Waals surface area contributed by atoms with Gasteiger partial charge in [-0.05, 0) is 17.4 Å². The van der Waals surface area contributed by atoms with Gasteiger partial charge in [0.05, 0.1) is 16.8 Å². The maximum atomic E-state index is 12.0. The molecule has 2 aromatic rings. The van der Waals surface area contributed by atoms with Gasteiger partial charge in [-0.3, -0.25) is 4.79 Å². The molecule has 0 aromatic carbocycles. The third-order valence-electron chi connectivity index (χ3n) is 3.57. The van der Waals surface area contributed by atoms with Crippen LogP contribution in [0.15, 0.2) is 23.7 Å². The van der Waals surface area contributed by atoms with Crippen LogP contribution in [-0.4, -0.2) is 33.9 Å². The second kappa shape index (κ2) is 5.40. The average Bonchev–Trinajstić information content (AvgIpc) is 3.09. The first kappa shape index (κ1) is 13.4. The lowest BCUT2D eigenvalue weighted by Crippen LogP contribution is -2.29. The molecule has 2 aromatic heterocycles. The summed E-state index contributed by atoms with van der Waals surface area (Å²) in [7, 11) is 0. The molecule has 3 heterocycles. The van der Waals surface area contributed by atoms with Crippen LogP contribution in [0.5, 0.6) is 0 Å². The van der Waals surface area contributed by atoms with E-state index in [0.29, 0.717) is 12.3 Å². The van der Waals surface area contributed by atoms with Crippen molar-refractivity contribution >= 4 is 17.2 Å². The Labute approximate surface area is 122 Å². The molecule has 5 heteroatoms. The predicted octanol–water partition coefficient (Wildman–Crippen LogP) is 3.11. The third-order valence-corrected chi connectivity index (χ3v) is 4.47. The maximum Gasteiger partial charge on any atom is 0.223 e. The Balaban J connectivity index is 1.73. The van der Waals surface area contributed by atoms with E-state index in [9.17, 15) is 4.79 Å². The molecule has 0 aliphatic carbocycles. The van der Waals surface area contributed by atoms with Gasteiger partial charge in [0.1, 0.15) is 5.82 Å². The lowest BCUT2D eigenvalue weighted by atomic mass is 10.1. The number of carbonyl (C=O) groups excluding carboxylic acids is 1. The summed E-state index contributed by atoms with van der Waals surface area (Å²) in [5.41, 5.74) is 1.05. The molecular weight excluding hydrogens is 270 g/mol. The largest absolute Gasteiger partial charge is 0.342 e. The molecule has 0 spiro atoms. The number of aromatic amines is 1. The molecule has 0 radical (unpaired) electrons. The molecule has 1 saturated heterocycles. The first-order valence-corrected chi connectivity index (χ1v) is 7.88. The number of hydrogen-bond acceptors (Lipinski definition) is 3. The van der Waals surface area contributed by atoms with E-state index in [-0.39, 0.29) is 11.8 Å². The van der Waals surface area contributed by atoms with E-state index in [1.54, 1.807) is 11.3 Å². The molecule has 1 N–H and O–H groups in total. The minimum Gasteiger partial charge on any atom is -0.342 e. The maximum absolute atomic E-state index is 12.0. The summed E-state index contributed by atoms with van der Waals surface area (Å²) in [6.45, 7) is 5.91. The van der Waals surface area contributed by atoms with Gasteiger partial charge in [-0.1, -0.05) is 19.9 Å². The van der Waals surface area contributed by atoms with Gasteiger partial charge in [-0.15, -0.1) is 11.3 Å². The van der Waals surface area contributed by atoms with Crippen molar-refractivity contribution < 1.29 is 4.79 Å². The van der Waals surface area contributed by atoms with Crippen molar-refractivity contribution in [2.45, 2.75) is 26.2 Å². The number of likely N-dealkylation sites (tertiary alicyclic amines) is 1. The van der Waals surface area contributed by atoms with Crippen molar-refractivity contribution in [2.75, 3.05) is 13.1 Å². The number of hydrogen-bond donors (Lipinski definition) is 1. The molecule has 0 bridgehead atoms. The Morgan fingerprint density at radius 3 is 3.10 bits per heavy atom. The van der Waals surface area contributed by atoms with E-state index in [1.807, 2.05) is 17.2 Å². The third kappa shape index (κ3) is 2.63. The van der Waals surface area contributed by atoms with E-state index in [0.717, 1.165) is 24.6 Å². The Hall–Kier alpha value is -1.62. The number of carbonyl (C=O) groups is 1. The number of H-pyrrole nitrogens is 1. The molecular formula is C15H19N3OS. The lowest BCUT2D eigenvalue weighted by molar-refractivity contribution is -0.128. The van der Waals surface area contributed by atoms with Gasteiger partial charge in [0.2, 0.25) is 5.91 Å². The molecule has 1 fully saturated rings. The topological polar surface area (TPSA) is 49.0 Å². The zero-order chi connectivity index (χ0) is 14.1. The van der Waals surface area contributed by atoms with Crippen molar-refractivity contribution in [3.8, 4) is 10.6 Å². The van der Waals surface area contributed by atoms with E-state index in [1.165, 1.54) is 4.88 Å². The molecule has 1 amide bonds. The fourth-order valence-electron chi connectivity index (χ4n) is 2.67. The van der Waals surface area contributed by atoms with Gasteiger partial charge in [0, 0.05) is 25.4 Å². The van der Waals surface area contributed by atoms with Crippen LogP contribution >= 0.6 is 11.3 Å². The standard InChI is InChI=1S/C15H19N3OS/c1-10(2)8-18-9-11(6-14(18)19)15-16-7-12(17-15)13-4-3-5-20-13/h3-5,7,10-11H,6,8-9H2,1-2H3,(H,16,17). The van der Waals surface area contributed by atoms with Crippen LogP contribution in [0.4, 0.5) is 0 Å². The van der Waals surface area contributed by atoms with Crippen molar-refractivity contribution in [3.05, 3.63) is 29.5 Å². The van der Waals surface area contributed by atoms with E-state index < -0.39 is 0 Å². The van der Waals surface area contributed by atoms with E-state index in [2.05, 4.69) is 35.3 Å². The molecule has 4 nitrogen and oxygen atoms in total. The van der Waals surface area contributed by atoms with Gasteiger partial charge in [0.25, 0.3) is 0 Å². The van der Waals surface area contributed by atoms with Crippen LogP contribution in [0.25, 0.3) is 10.6 Å². The molecule has 20 heavy (non-hydrogen) atoms. The van der Waals surface area contributed by atoms with Crippen LogP contribution in [0.1, 0.15) is 32.0 Å². The number of nitrogens with zero attached hydrogens (tertiary/aromatic N) is 2. The highest BCUT2D eigenvalue weighted by atomic mass is 32.1. The highest BCUT2D eigenvalue weighted by Crippen LogP contribution is 2.29. The summed E-state index contributed by atoms with van der Waals surface area (Å²) in [4.78, 5) is 23.0. The SMILES string of the molecule is CC(C)CN1CC(c2ncc(-c3cccs3)[nH]2)CC1=O. The normalized spacial score (nSPS) is 19.2. The number of nitrogens with one attached hydrogen (secondary N) is 1. The van der Waals surface area contributed by atoms with Crippen LogP contribution in [0, 0.1) is 5.92 Å². The van der Waals surface area contributed by atoms with Crippen LogP contribution in [0.2, 0.25) is 0 Å². The Kier molecular flexibility index (Phi) is 3.61. The minimum atomic E-state index is 0.204. The van der Waals surface area contributed by atoms with Crippen LogP contribution in [0.3, 0.4) is 0 Å². The molecule has 1 unspecified atom stereocenters. The van der Waals surface area contributed by atoms with Gasteiger partial charge in [-0.25, -0.2) is 4.98 Å². The zero-order valence-corrected chi connectivity index (χ0v) is 12.6. The number of thiophene rings is 1. The van der Waals surface area contributed by atoms with E-state index >= 15 is 0 Å². The first-order chi connectivity index (χ1) is 9.63. The molecule has 3 rings (SSSR count). The highest BCUT2D eigenvalue weighted by molar-refractivity contribution is 7.13. The summed E-state index contributed by atoms with van der Waals surface area (Å²) < 4.78 is 0. The first-order valence-electron chi connectivity index (χ1n) is 7.00. The van der Waals surface area contributed by atoms with Crippen molar-refractivity contribution in [1.82, 2.24) is 14.9 Å². The number of rotatable bonds is 4. The van der Waals surface area contributed by atoms with Crippen molar-refractivity contribution in [1.29, 1.82) is 0 Å². The number of amides is 1. The van der Waals surface area contributed by atoms with Gasteiger partial charge >= 0.3 is 0 Å². The van der Waals surface area contributed by atoms with Gasteiger partial charge in [0.15, 0.2) is 0 Å². The molecule has 1 aliphatic rings. The summed E-state index contributed by atoms with van der Waals surface area (Å²) in [5, 5.41) is 2.05. The van der Waals surface area contributed by atoms with Crippen LogP contribution in [-0.2, 0) is 4.79 Å². The quantitative estimate of drug-likeness (QED) is 0.940. The average molecular weight is 289 g/mol.